The van der Waals surface area contributed by atoms with Crippen molar-refractivity contribution in [1.82, 2.24) is 16.0 Å². The Hall–Kier alpha value is -1.54. The topological polar surface area (TPSA) is 266 Å². The van der Waals surface area contributed by atoms with Crippen LogP contribution in [-0.4, -0.2) is 139 Å². The summed E-state index contributed by atoms with van der Waals surface area (Å²) >= 11 is 0. The first kappa shape index (κ1) is 34.9. The van der Waals surface area contributed by atoms with Gasteiger partial charge in [0.25, 0.3) is 5.91 Å². The van der Waals surface area contributed by atoms with E-state index in [1.165, 1.54) is 6.92 Å². The highest BCUT2D eigenvalue weighted by atomic mass is 19.1. The van der Waals surface area contributed by atoms with E-state index in [-0.39, 0.29) is 25.6 Å². The maximum atomic E-state index is 14.0. The summed E-state index contributed by atoms with van der Waals surface area (Å²) in [6, 6.07) is -2.89. The number of nitrogens with two attached hydrogens (primary N) is 4. The van der Waals surface area contributed by atoms with Crippen LogP contribution in [0.2, 0.25) is 0 Å². The monoisotopic (exact) mass is 607 g/mol. The minimum absolute atomic E-state index is 0.0392. The molecule has 0 aromatic carbocycles. The van der Waals surface area contributed by atoms with Gasteiger partial charge in [0.2, 0.25) is 0 Å². The lowest BCUT2D eigenvalue weighted by atomic mass is 9.72. The van der Waals surface area contributed by atoms with Crippen molar-refractivity contribution in [3.05, 3.63) is 11.8 Å². The molecule has 0 bridgehead atoms. The van der Waals surface area contributed by atoms with Crippen LogP contribution >= 0.6 is 0 Å². The fourth-order valence-electron chi connectivity index (χ4n) is 6.10. The lowest BCUT2D eigenvalue weighted by Gasteiger charge is -2.51. The third kappa shape index (κ3) is 7.94. The summed E-state index contributed by atoms with van der Waals surface area (Å²) < 4.78 is 32.0. The van der Waals surface area contributed by atoms with E-state index >= 15 is 0 Å². The van der Waals surface area contributed by atoms with Crippen LogP contribution in [-0.2, 0) is 19.0 Å². The number of nitrogens with one attached hydrogen (secondary N) is 3. The van der Waals surface area contributed by atoms with Crippen LogP contribution < -0.4 is 38.9 Å². The Bertz CT molecular complexity index is 905. The molecule has 1 saturated heterocycles. The number of rotatable bonds is 13. The average Bonchev–Trinajstić information content (AvgIpc) is 2.95. The van der Waals surface area contributed by atoms with Gasteiger partial charge >= 0.3 is 0 Å². The van der Waals surface area contributed by atoms with Crippen molar-refractivity contribution in [1.29, 1.82) is 0 Å². The molecule has 0 aromatic heterocycles. The molecular weight excluding hydrogens is 557 g/mol. The van der Waals surface area contributed by atoms with Gasteiger partial charge in [0.1, 0.15) is 35.8 Å². The summed E-state index contributed by atoms with van der Waals surface area (Å²) in [6.07, 6.45) is -6.89. The van der Waals surface area contributed by atoms with Gasteiger partial charge < -0.3 is 73.5 Å². The van der Waals surface area contributed by atoms with Crippen molar-refractivity contribution in [2.24, 2.45) is 28.9 Å². The van der Waals surface area contributed by atoms with Crippen LogP contribution in [0, 0.1) is 5.92 Å². The predicted octanol–water partition coefficient (Wildman–Crippen LogP) is -4.78. The number of aliphatic hydroxyl groups excluding tert-OH is 3. The molecule has 244 valence electrons. The number of carbonyl (C=O) groups is 1. The standard InChI is InChI=1S/C26H50FN7O8/c1-26(39)11-40-25(20(37)23(26)32-2)42-22-16(34-24(38)18(35)13(27)10-30)8-14(31)17(19(22)36)21-15(33-7-3-6-28)5-4-12(9-29)41-21/h4,13-23,25,32-33,35-37,39H,3,5-11,28-31H2,1-2H3,(H,34,38). The van der Waals surface area contributed by atoms with E-state index in [9.17, 15) is 29.6 Å². The number of halogens is 1. The van der Waals surface area contributed by atoms with Gasteiger partial charge in [-0.15, -0.1) is 0 Å². The maximum absolute atomic E-state index is 14.0. The summed E-state index contributed by atoms with van der Waals surface area (Å²) in [5, 5.41) is 52.4. The molecule has 0 aromatic rings. The van der Waals surface area contributed by atoms with Gasteiger partial charge in [0.05, 0.1) is 31.3 Å². The number of likely N-dealkylation sites (N-methyl/N-ethyl adjacent to an activating group) is 1. The van der Waals surface area contributed by atoms with Crippen molar-refractivity contribution in [3.8, 4) is 0 Å². The number of carbonyl (C=O) groups excluding carboxylic acids is 1. The van der Waals surface area contributed by atoms with Gasteiger partial charge in [-0.3, -0.25) is 4.79 Å². The third-order valence-corrected chi connectivity index (χ3v) is 8.40. The van der Waals surface area contributed by atoms with Gasteiger partial charge in [-0.1, -0.05) is 0 Å². The highest BCUT2D eigenvalue weighted by molar-refractivity contribution is 5.81. The number of alkyl halides is 1. The van der Waals surface area contributed by atoms with Crippen molar-refractivity contribution >= 4 is 5.91 Å². The number of aliphatic hydroxyl groups is 4. The van der Waals surface area contributed by atoms with Crippen molar-refractivity contribution in [3.63, 3.8) is 0 Å². The number of hydrogen-bond donors (Lipinski definition) is 11. The highest BCUT2D eigenvalue weighted by Gasteiger charge is 2.53. The SMILES string of the molecule is CNC1C(O)C(OC2C(NC(=O)C(O)C(F)CN)CC(N)C(C3OC(CN)=CCC3NCCCN)C2O)OCC1(C)O. The van der Waals surface area contributed by atoms with E-state index in [4.69, 9.17) is 37.1 Å². The molecule has 15 nitrogen and oxygen atoms in total. The molecule has 0 radical (unpaired) electrons. The number of hydrogen-bond acceptors (Lipinski definition) is 14. The van der Waals surface area contributed by atoms with Crippen LogP contribution in [0.1, 0.15) is 26.2 Å². The van der Waals surface area contributed by atoms with Gasteiger partial charge in [-0.05, 0) is 52.4 Å². The zero-order chi connectivity index (χ0) is 31.2. The second-order valence-corrected chi connectivity index (χ2v) is 11.6. The van der Waals surface area contributed by atoms with E-state index in [2.05, 4.69) is 16.0 Å². The molecule has 2 fully saturated rings. The van der Waals surface area contributed by atoms with Crippen LogP contribution in [0.5, 0.6) is 0 Å². The Balaban J connectivity index is 1.91. The summed E-state index contributed by atoms with van der Waals surface area (Å²) in [5.41, 5.74) is 22.0. The van der Waals surface area contributed by atoms with E-state index in [1.54, 1.807) is 7.05 Å². The third-order valence-electron chi connectivity index (χ3n) is 8.40. The summed E-state index contributed by atoms with van der Waals surface area (Å²) in [4.78, 5) is 12.7. The van der Waals surface area contributed by atoms with E-state index in [1.807, 2.05) is 6.08 Å². The quantitative estimate of drug-likeness (QED) is 0.0878. The second-order valence-electron chi connectivity index (χ2n) is 11.6. The van der Waals surface area contributed by atoms with E-state index in [0.29, 0.717) is 31.7 Å². The van der Waals surface area contributed by atoms with Crippen LogP contribution in [0.4, 0.5) is 4.39 Å². The number of ether oxygens (including phenoxy) is 3. The second kappa shape index (κ2) is 15.5. The maximum Gasteiger partial charge on any atom is 0.252 e. The van der Waals surface area contributed by atoms with Gasteiger partial charge in [0.15, 0.2) is 12.4 Å². The molecule has 0 spiro atoms. The molecule has 15 N–H and O–H groups in total. The van der Waals surface area contributed by atoms with E-state index < -0.39 is 85.1 Å². The molecule has 1 saturated carbocycles. The van der Waals surface area contributed by atoms with E-state index in [0.717, 1.165) is 0 Å². The summed E-state index contributed by atoms with van der Waals surface area (Å²) in [5.74, 6) is -1.28. The molecule has 42 heavy (non-hydrogen) atoms. The Morgan fingerprint density at radius 1 is 1.26 bits per heavy atom. The molecule has 3 aliphatic rings. The predicted molar refractivity (Wildman–Crippen MR) is 150 cm³/mol. The summed E-state index contributed by atoms with van der Waals surface area (Å²) in [6.45, 7) is 1.93. The van der Waals surface area contributed by atoms with Crippen molar-refractivity contribution in [2.45, 2.75) is 98.9 Å². The molecular formula is C26H50FN7O8. The first-order valence-corrected chi connectivity index (χ1v) is 14.5. The zero-order valence-corrected chi connectivity index (χ0v) is 24.3. The Labute approximate surface area is 245 Å². The van der Waals surface area contributed by atoms with Gasteiger partial charge in [-0.25, -0.2) is 4.39 Å². The molecule has 1 amide bonds. The molecule has 2 heterocycles. The highest BCUT2D eigenvalue weighted by Crippen LogP contribution is 2.37. The molecule has 1 aliphatic carbocycles. The fraction of sp³-hybridized carbons (Fsp3) is 0.885. The molecule has 13 unspecified atom stereocenters. The van der Waals surface area contributed by atoms with Gasteiger partial charge in [0, 0.05) is 24.5 Å². The molecule has 3 rings (SSSR count). The van der Waals surface area contributed by atoms with Crippen LogP contribution in [0.15, 0.2) is 11.8 Å². The zero-order valence-electron chi connectivity index (χ0n) is 24.3. The number of amides is 1. The minimum Gasteiger partial charge on any atom is -0.492 e. The first-order valence-electron chi connectivity index (χ1n) is 14.5. The fourth-order valence-corrected chi connectivity index (χ4v) is 6.10. The van der Waals surface area contributed by atoms with Crippen LogP contribution in [0.3, 0.4) is 0 Å². The van der Waals surface area contributed by atoms with Gasteiger partial charge in [-0.2, -0.15) is 0 Å². The largest absolute Gasteiger partial charge is 0.492 e. The normalized spacial score (nSPS) is 40.5. The average molecular weight is 608 g/mol. The lowest BCUT2D eigenvalue weighted by molar-refractivity contribution is -0.297. The Morgan fingerprint density at radius 2 is 1.98 bits per heavy atom. The smallest absolute Gasteiger partial charge is 0.252 e. The minimum atomic E-state index is -2.06. The summed E-state index contributed by atoms with van der Waals surface area (Å²) in [7, 11) is 1.56. The first-order chi connectivity index (χ1) is 19.9. The van der Waals surface area contributed by atoms with Crippen molar-refractivity contribution < 1.29 is 43.8 Å². The van der Waals surface area contributed by atoms with Crippen LogP contribution in [0.25, 0.3) is 0 Å². The lowest BCUT2D eigenvalue weighted by Crippen LogP contribution is -2.70. The van der Waals surface area contributed by atoms with Crippen molar-refractivity contribution in [2.75, 3.05) is 39.8 Å². The molecule has 13 atom stereocenters. The Morgan fingerprint density at radius 3 is 2.60 bits per heavy atom. The molecule has 16 heteroatoms. The molecule has 2 aliphatic heterocycles. The Kier molecular flexibility index (Phi) is 12.9.